The summed E-state index contributed by atoms with van der Waals surface area (Å²) < 4.78 is 1.76. The predicted octanol–water partition coefficient (Wildman–Crippen LogP) is 4.86. The van der Waals surface area contributed by atoms with Crippen LogP contribution in [-0.4, -0.2) is 31.9 Å². The average Bonchev–Trinajstić information content (AvgIpc) is 3.21. The van der Waals surface area contributed by atoms with Gasteiger partial charge in [0.15, 0.2) is 5.65 Å². The van der Waals surface area contributed by atoms with E-state index in [1.807, 2.05) is 80.6 Å². The van der Waals surface area contributed by atoms with Gasteiger partial charge in [-0.1, -0.05) is 48.0 Å². The van der Waals surface area contributed by atoms with Crippen LogP contribution in [-0.2, 0) is 0 Å². The van der Waals surface area contributed by atoms with Crippen molar-refractivity contribution >= 4 is 23.2 Å². The van der Waals surface area contributed by atoms with Crippen molar-refractivity contribution < 1.29 is 4.79 Å². The molecule has 0 aliphatic heterocycles. The van der Waals surface area contributed by atoms with E-state index in [1.54, 1.807) is 29.4 Å². The van der Waals surface area contributed by atoms with Crippen molar-refractivity contribution in [3.05, 3.63) is 108 Å². The van der Waals surface area contributed by atoms with Crippen molar-refractivity contribution in [3.8, 4) is 16.9 Å². The number of hydrogen-bond donors (Lipinski definition) is 1. The number of carbonyl (C=O) groups excluding carboxylic acids is 1. The first-order valence-electron chi connectivity index (χ1n) is 10.9. The van der Waals surface area contributed by atoms with Gasteiger partial charge in [0.25, 0.3) is 5.91 Å². The third kappa shape index (κ3) is 4.19. The van der Waals surface area contributed by atoms with Gasteiger partial charge in [-0.2, -0.15) is 10.2 Å². The molecule has 166 valence electrons. The highest BCUT2D eigenvalue weighted by atomic mass is 16.2. The Morgan fingerprint density at radius 3 is 2.62 bits per heavy atom. The van der Waals surface area contributed by atoms with E-state index < -0.39 is 0 Å². The molecule has 7 heteroatoms. The van der Waals surface area contributed by atoms with Crippen molar-refractivity contribution in [1.29, 1.82) is 0 Å². The van der Waals surface area contributed by atoms with Gasteiger partial charge in [-0.15, -0.1) is 0 Å². The van der Waals surface area contributed by atoms with Crippen molar-refractivity contribution in [2.24, 2.45) is 5.10 Å². The zero-order valence-electron chi connectivity index (χ0n) is 18.8. The summed E-state index contributed by atoms with van der Waals surface area (Å²) in [6.45, 7) is 3.89. The molecule has 7 nitrogen and oxygen atoms in total. The van der Waals surface area contributed by atoms with E-state index in [9.17, 15) is 4.79 Å². The monoisotopic (exact) mass is 446 g/mol. The van der Waals surface area contributed by atoms with E-state index in [4.69, 9.17) is 10.1 Å². The number of fused-ring (bicyclic) bond motifs is 1. The molecule has 3 aromatic heterocycles. The van der Waals surface area contributed by atoms with Gasteiger partial charge in [0.1, 0.15) is 0 Å². The molecule has 0 saturated heterocycles. The maximum atomic E-state index is 13.3. The number of benzene rings is 2. The van der Waals surface area contributed by atoms with Crippen molar-refractivity contribution in [2.75, 3.05) is 0 Å². The summed E-state index contributed by atoms with van der Waals surface area (Å²) in [5, 5.41) is 9.55. The molecule has 1 amide bonds. The largest absolute Gasteiger partial charge is 0.272 e. The number of carbonyl (C=O) groups is 1. The molecule has 0 unspecified atom stereocenters. The lowest BCUT2D eigenvalue weighted by Crippen LogP contribution is -2.18. The van der Waals surface area contributed by atoms with Gasteiger partial charge in [-0.3, -0.25) is 9.78 Å². The Labute approximate surface area is 196 Å². The molecule has 5 rings (SSSR count). The third-order valence-corrected chi connectivity index (χ3v) is 5.44. The Hall–Kier alpha value is -4.65. The Bertz CT molecular complexity index is 1510. The summed E-state index contributed by atoms with van der Waals surface area (Å²) in [4.78, 5) is 22.4. The van der Waals surface area contributed by atoms with E-state index >= 15 is 0 Å². The Morgan fingerprint density at radius 1 is 1.00 bits per heavy atom. The first kappa shape index (κ1) is 21.2. The fraction of sp³-hybridized carbons (Fsp3) is 0.0741. The standard InChI is InChI=1S/C27H22N6O/c1-18-8-6-9-20(14-18)16-29-31-27(34)23-15-24(21-10-7-13-28-17-21)30-26-25(23)19(2)32-33(26)22-11-4-3-5-12-22/h3-17H,1-2H3,(H,31,34)/b29-16-. The van der Waals surface area contributed by atoms with E-state index in [0.29, 0.717) is 28.0 Å². The quantitative estimate of drug-likeness (QED) is 0.309. The van der Waals surface area contributed by atoms with Gasteiger partial charge in [-0.05, 0) is 49.7 Å². The highest BCUT2D eigenvalue weighted by Gasteiger charge is 2.21. The zero-order valence-corrected chi connectivity index (χ0v) is 18.8. The lowest BCUT2D eigenvalue weighted by molar-refractivity contribution is 0.0956. The van der Waals surface area contributed by atoms with Gasteiger partial charge in [0.05, 0.1) is 34.2 Å². The second-order valence-electron chi connectivity index (χ2n) is 7.94. The van der Waals surface area contributed by atoms with Gasteiger partial charge in [-0.25, -0.2) is 15.1 Å². The lowest BCUT2D eigenvalue weighted by Gasteiger charge is -2.08. The number of aryl methyl sites for hydroxylation is 2. The topological polar surface area (TPSA) is 85.1 Å². The number of amides is 1. The van der Waals surface area contributed by atoms with Crippen molar-refractivity contribution in [3.63, 3.8) is 0 Å². The molecule has 0 spiro atoms. The minimum absolute atomic E-state index is 0.336. The highest BCUT2D eigenvalue weighted by molar-refractivity contribution is 6.08. The molecule has 0 fully saturated rings. The van der Waals surface area contributed by atoms with E-state index in [-0.39, 0.29) is 5.91 Å². The number of nitrogens with zero attached hydrogens (tertiary/aromatic N) is 5. The molecular weight excluding hydrogens is 424 g/mol. The summed E-state index contributed by atoms with van der Waals surface area (Å²) in [5.41, 5.74) is 8.74. The molecule has 0 atom stereocenters. The lowest BCUT2D eigenvalue weighted by atomic mass is 10.1. The Morgan fingerprint density at radius 2 is 1.85 bits per heavy atom. The maximum absolute atomic E-state index is 13.3. The van der Waals surface area contributed by atoms with Gasteiger partial charge in [0, 0.05) is 18.0 Å². The zero-order chi connectivity index (χ0) is 23.5. The maximum Gasteiger partial charge on any atom is 0.272 e. The van der Waals surface area contributed by atoms with Crippen molar-refractivity contribution in [2.45, 2.75) is 13.8 Å². The molecule has 0 aliphatic rings. The number of aromatic nitrogens is 4. The Kier molecular flexibility index (Phi) is 5.66. The second kappa shape index (κ2) is 9.07. The first-order chi connectivity index (χ1) is 16.6. The molecular formula is C27H22N6O. The van der Waals surface area contributed by atoms with Crippen LogP contribution in [0.3, 0.4) is 0 Å². The normalized spacial score (nSPS) is 11.2. The molecule has 2 aromatic carbocycles. The van der Waals surface area contributed by atoms with Gasteiger partial charge < -0.3 is 0 Å². The van der Waals surface area contributed by atoms with Gasteiger partial charge >= 0.3 is 0 Å². The third-order valence-electron chi connectivity index (χ3n) is 5.44. The minimum Gasteiger partial charge on any atom is -0.267 e. The second-order valence-corrected chi connectivity index (χ2v) is 7.94. The minimum atomic E-state index is -0.336. The van der Waals surface area contributed by atoms with Crippen molar-refractivity contribution in [1.82, 2.24) is 25.2 Å². The summed E-state index contributed by atoms with van der Waals surface area (Å²) in [7, 11) is 0. The molecule has 34 heavy (non-hydrogen) atoms. The molecule has 1 N–H and O–H groups in total. The van der Waals surface area contributed by atoms with E-state index in [0.717, 1.165) is 22.4 Å². The van der Waals surface area contributed by atoms with Gasteiger partial charge in [0.2, 0.25) is 0 Å². The van der Waals surface area contributed by atoms with Crippen LogP contribution in [0.5, 0.6) is 0 Å². The summed E-state index contributed by atoms with van der Waals surface area (Å²) >= 11 is 0. The van der Waals surface area contributed by atoms with Crippen LogP contribution in [0.15, 0.2) is 90.3 Å². The molecule has 3 heterocycles. The summed E-state index contributed by atoms with van der Waals surface area (Å²) in [6, 6.07) is 23.1. The number of hydrogen-bond acceptors (Lipinski definition) is 5. The first-order valence-corrected chi connectivity index (χ1v) is 10.9. The van der Waals surface area contributed by atoms with Crippen LogP contribution in [0.1, 0.15) is 27.2 Å². The SMILES string of the molecule is Cc1cccc(/C=N\NC(=O)c2cc(-c3cccnc3)nc3c2c(C)nn3-c2ccccc2)c1. The number of para-hydroxylation sites is 1. The Balaban J connectivity index is 1.61. The number of pyridine rings is 2. The highest BCUT2D eigenvalue weighted by Crippen LogP contribution is 2.28. The van der Waals surface area contributed by atoms with Crippen LogP contribution < -0.4 is 5.43 Å². The number of rotatable bonds is 5. The van der Waals surface area contributed by atoms with E-state index in [2.05, 4.69) is 15.5 Å². The van der Waals surface area contributed by atoms with Crippen LogP contribution in [0.2, 0.25) is 0 Å². The predicted molar refractivity (Wildman–Crippen MR) is 133 cm³/mol. The summed E-state index contributed by atoms with van der Waals surface area (Å²) in [5.74, 6) is -0.336. The molecule has 0 radical (unpaired) electrons. The molecule has 0 saturated carbocycles. The smallest absolute Gasteiger partial charge is 0.267 e. The fourth-order valence-electron chi connectivity index (χ4n) is 3.86. The molecule has 0 aliphatic carbocycles. The summed E-state index contributed by atoms with van der Waals surface area (Å²) in [6.07, 6.45) is 5.06. The van der Waals surface area contributed by atoms with Crippen LogP contribution in [0.25, 0.3) is 28.0 Å². The van der Waals surface area contributed by atoms with E-state index in [1.165, 1.54) is 0 Å². The van der Waals surface area contributed by atoms with Crippen LogP contribution >= 0.6 is 0 Å². The van der Waals surface area contributed by atoms with Crippen LogP contribution in [0.4, 0.5) is 0 Å². The average molecular weight is 447 g/mol. The fourth-order valence-corrected chi connectivity index (χ4v) is 3.86. The number of hydrazone groups is 1. The van der Waals surface area contributed by atoms with Crippen LogP contribution in [0, 0.1) is 13.8 Å². The molecule has 5 aromatic rings. The molecule has 0 bridgehead atoms. The number of nitrogens with one attached hydrogen (secondary N) is 1.